The second-order valence-electron chi connectivity index (χ2n) is 6.94. The van der Waals surface area contributed by atoms with E-state index in [1.54, 1.807) is 35.2 Å². The predicted molar refractivity (Wildman–Crippen MR) is 104 cm³/mol. The zero-order valence-electron chi connectivity index (χ0n) is 15.2. The van der Waals surface area contributed by atoms with E-state index in [4.69, 9.17) is 16.0 Å². The minimum Gasteiger partial charge on any atom is -0.459 e. The molecule has 2 aliphatic heterocycles. The van der Waals surface area contributed by atoms with Crippen molar-refractivity contribution in [3.8, 4) is 0 Å². The monoisotopic (exact) mass is 401 g/mol. The van der Waals surface area contributed by atoms with E-state index in [1.807, 2.05) is 0 Å². The third-order valence-corrected chi connectivity index (χ3v) is 5.43. The van der Waals surface area contributed by atoms with Crippen molar-refractivity contribution in [1.82, 2.24) is 4.90 Å². The van der Waals surface area contributed by atoms with Crippen LogP contribution >= 0.6 is 11.6 Å². The molecule has 0 saturated carbocycles. The fourth-order valence-corrected chi connectivity index (χ4v) is 4.04. The van der Waals surface area contributed by atoms with Crippen LogP contribution in [0.15, 0.2) is 41.0 Å². The summed E-state index contributed by atoms with van der Waals surface area (Å²) in [4.78, 5) is 40.4. The molecule has 1 aromatic carbocycles. The summed E-state index contributed by atoms with van der Waals surface area (Å²) in [6.45, 7) is 1.16. The summed E-state index contributed by atoms with van der Waals surface area (Å²) in [6, 6.07) is 7.77. The topological polar surface area (TPSA) is 82.9 Å². The number of halogens is 1. The van der Waals surface area contributed by atoms with E-state index in [2.05, 4.69) is 5.32 Å². The first kappa shape index (κ1) is 18.6. The molecule has 0 aliphatic carbocycles. The minimum atomic E-state index is -0.559. The van der Waals surface area contributed by atoms with Crippen molar-refractivity contribution in [3.63, 3.8) is 0 Å². The molecular formula is C20H20ClN3O4. The molecule has 2 fully saturated rings. The molecule has 1 N–H and O–H groups in total. The second-order valence-corrected chi connectivity index (χ2v) is 7.35. The maximum atomic E-state index is 12.8. The average molecular weight is 402 g/mol. The molecule has 4 rings (SSSR count). The van der Waals surface area contributed by atoms with Crippen LogP contribution in [-0.2, 0) is 9.59 Å². The number of nitrogens with zero attached hydrogens (tertiary/aromatic N) is 2. The van der Waals surface area contributed by atoms with Gasteiger partial charge in [-0.3, -0.25) is 14.4 Å². The molecule has 28 heavy (non-hydrogen) atoms. The van der Waals surface area contributed by atoms with E-state index in [0.717, 1.165) is 12.8 Å². The van der Waals surface area contributed by atoms with Gasteiger partial charge in [0.2, 0.25) is 11.8 Å². The maximum absolute atomic E-state index is 12.8. The van der Waals surface area contributed by atoms with E-state index in [0.29, 0.717) is 42.3 Å². The van der Waals surface area contributed by atoms with Crippen molar-refractivity contribution in [2.24, 2.45) is 0 Å². The normalized spacial score (nSPS) is 19.3. The van der Waals surface area contributed by atoms with Crippen LogP contribution in [0.2, 0.25) is 5.02 Å². The van der Waals surface area contributed by atoms with E-state index < -0.39 is 6.04 Å². The number of anilines is 2. The fourth-order valence-electron chi connectivity index (χ4n) is 3.76. The molecule has 8 heteroatoms. The fraction of sp³-hybridized carbons (Fsp3) is 0.350. The Balaban J connectivity index is 1.46. The third kappa shape index (κ3) is 3.49. The van der Waals surface area contributed by atoms with E-state index >= 15 is 0 Å². The highest BCUT2D eigenvalue weighted by Crippen LogP contribution is 2.32. The lowest BCUT2D eigenvalue weighted by Crippen LogP contribution is -2.43. The van der Waals surface area contributed by atoms with Crippen molar-refractivity contribution in [3.05, 3.63) is 47.4 Å². The van der Waals surface area contributed by atoms with Crippen molar-refractivity contribution in [1.29, 1.82) is 0 Å². The van der Waals surface area contributed by atoms with Gasteiger partial charge in [0.1, 0.15) is 6.04 Å². The molecular weight excluding hydrogens is 382 g/mol. The third-order valence-electron chi connectivity index (χ3n) is 5.13. The van der Waals surface area contributed by atoms with Crippen LogP contribution in [0, 0.1) is 0 Å². The van der Waals surface area contributed by atoms with Gasteiger partial charge in [-0.1, -0.05) is 11.6 Å². The van der Waals surface area contributed by atoms with E-state index in [9.17, 15) is 14.4 Å². The molecule has 0 bridgehead atoms. The van der Waals surface area contributed by atoms with Gasteiger partial charge in [0, 0.05) is 25.2 Å². The highest BCUT2D eigenvalue weighted by Gasteiger charge is 2.35. The molecule has 1 unspecified atom stereocenters. The lowest BCUT2D eigenvalue weighted by molar-refractivity contribution is -0.120. The Morgan fingerprint density at radius 2 is 2.04 bits per heavy atom. The number of carbonyl (C=O) groups excluding carboxylic acids is 3. The standard InChI is InChI=1S/C20H20ClN3O4/c21-14-12-13(7-8-15(14)23-9-2-6-18(23)25)22-19(26)16-4-1-10-24(16)20(27)17-5-3-11-28-17/h3,5,7-8,11-12,16H,1-2,4,6,9-10H2,(H,22,26). The number of likely N-dealkylation sites (tertiary alicyclic amines) is 1. The minimum absolute atomic E-state index is 0.0525. The van der Waals surface area contributed by atoms with Crippen LogP contribution in [-0.4, -0.2) is 41.8 Å². The Morgan fingerprint density at radius 1 is 1.18 bits per heavy atom. The number of hydrogen-bond donors (Lipinski definition) is 1. The number of amides is 3. The SMILES string of the molecule is O=C(Nc1ccc(N2CCCC2=O)c(Cl)c1)C1CCCN1C(=O)c1ccco1. The second kappa shape index (κ2) is 7.67. The molecule has 3 heterocycles. The Bertz CT molecular complexity index is 912. The number of nitrogens with one attached hydrogen (secondary N) is 1. The molecule has 0 radical (unpaired) electrons. The molecule has 2 aromatic rings. The van der Waals surface area contributed by atoms with Gasteiger partial charge in [-0.05, 0) is 49.6 Å². The molecule has 3 amide bonds. The van der Waals surface area contributed by atoms with Crippen molar-refractivity contribution >= 4 is 40.7 Å². The summed E-state index contributed by atoms with van der Waals surface area (Å²) < 4.78 is 5.17. The first-order valence-corrected chi connectivity index (χ1v) is 9.67. The number of rotatable bonds is 4. The van der Waals surface area contributed by atoms with Gasteiger partial charge in [-0.2, -0.15) is 0 Å². The summed E-state index contributed by atoms with van der Waals surface area (Å²) in [5.74, 6) is -0.277. The zero-order chi connectivity index (χ0) is 19.7. The smallest absolute Gasteiger partial charge is 0.290 e. The largest absolute Gasteiger partial charge is 0.459 e. The first-order valence-electron chi connectivity index (χ1n) is 9.30. The van der Waals surface area contributed by atoms with Crippen LogP contribution < -0.4 is 10.2 Å². The summed E-state index contributed by atoms with van der Waals surface area (Å²) in [6.07, 6.45) is 4.12. The summed E-state index contributed by atoms with van der Waals surface area (Å²) in [5.41, 5.74) is 1.18. The van der Waals surface area contributed by atoms with Gasteiger partial charge in [0.05, 0.1) is 17.0 Å². The molecule has 1 atom stereocenters. The zero-order valence-corrected chi connectivity index (χ0v) is 15.9. The molecule has 2 saturated heterocycles. The summed E-state index contributed by atoms with van der Waals surface area (Å²) in [5, 5.41) is 3.24. The van der Waals surface area contributed by atoms with Gasteiger partial charge >= 0.3 is 0 Å². The number of furan rings is 1. The molecule has 7 nitrogen and oxygen atoms in total. The average Bonchev–Trinajstić information content (AvgIpc) is 3.43. The lowest BCUT2D eigenvalue weighted by atomic mass is 10.2. The predicted octanol–water partition coefficient (Wildman–Crippen LogP) is 3.30. The van der Waals surface area contributed by atoms with Gasteiger partial charge < -0.3 is 19.5 Å². The van der Waals surface area contributed by atoms with Crippen LogP contribution in [0.3, 0.4) is 0 Å². The van der Waals surface area contributed by atoms with Gasteiger partial charge in [-0.15, -0.1) is 0 Å². The van der Waals surface area contributed by atoms with E-state index in [-0.39, 0.29) is 23.5 Å². The van der Waals surface area contributed by atoms with Crippen molar-refractivity contribution in [2.75, 3.05) is 23.3 Å². The van der Waals surface area contributed by atoms with Crippen LogP contribution in [0.25, 0.3) is 0 Å². The van der Waals surface area contributed by atoms with Crippen LogP contribution in [0.1, 0.15) is 36.2 Å². The van der Waals surface area contributed by atoms with Crippen LogP contribution in [0.5, 0.6) is 0 Å². The molecule has 0 spiro atoms. The van der Waals surface area contributed by atoms with Gasteiger partial charge in [-0.25, -0.2) is 0 Å². The number of hydrogen-bond acceptors (Lipinski definition) is 4. The molecule has 146 valence electrons. The molecule has 1 aromatic heterocycles. The Hall–Kier alpha value is -2.80. The Morgan fingerprint density at radius 3 is 2.71 bits per heavy atom. The van der Waals surface area contributed by atoms with Crippen molar-refractivity contribution < 1.29 is 18.8 Å². The maximum Gasteiger partial charge on any atom is 0.290 e. The Labute approximate surface area is 167 Å². The van der Waals surface area contributed by atoms with Crippen LogP contribution in [0.4, 0.5) is 11.4 Å². The van der Waals surface area contributed by atoms with Crippen molar-refractivity contribution in [2.45, 2.75) is 31.7 Å². The highest BCUT2D eigenvalue weighted by atomic mass is 35.5. The Kier molecular flexibility index (Phi) is 5.09. The first-order chi connectivity index (χ1) is 13.5. The quantitative estimate of drug-likeness (QED) is 0.852. The number of carbonyl (C=O) groups is 3. The number of benzene rings is 1. The highest BCUT2D eigenvalue weighted by molar-refractivity contribution is 6.34. The van der Waals surface area contributed by atoms with Gasteiger partial charge in [0.15, 0.2) is 5.76 Å². The van der Waals surface area contributed by atoms with E-state index in [1.165, 1.54) is 11.2 Å². The summed E-state index contributed by atoms with van der Waals surface area (Å²) in [7, 11) is 0. The lowest BCUT2D eigenvalue weighted by Gasteiger charge is -2.23. The molecule has 2 aliphatic rings. The van der Waals surface area contributed by atoms with Gasteiger partial charge in [0.25, 0.3) is 5.91 Å². The summed E-state index contributed by atoms with van der Waals surface area (Å²) >= 11 is 6.34.